The third-order valence-electron chi connectivity index (χ3n) is 4.01. The Hall–Kier alpha value is -1.84. The van der Waals surface area contributed by atoms with Gasteiger partial charge in [0, 0.05) is 27.1 Å². The van der Waals surface area contributed by atoms with Crippen molar-refractivity contribution in [2.75, 3.05) is 20.6 Å². The average Bonchev–Trinajstić information content (AvgIpc) is 2.93. The summed E-state index contributed by atoms with van der Waals surface area (Å²) < 4.78 is 0. The molecule has 1 aromatic carbocycles. The molecule has 4 nitrogen and oxygen atoms in total. The number of likely N-dealkylation sites (tertiary alicyclic amines) is 1. The Morgan fingerprint density at radius 2 is 2.10 bits per heavy atom. The fourth-order valence-corrected chi connectivity index (χ4v) is 2.88. The Labute approximate surface area is 126 Å². The molecule has 0 N–H and O–H groups in total. The van der Waals surface area contributed by atoms with E-state index >= 15 is 0 Å². The maximum atomic E-state index is 12.4. The lowest BCUT2D eigenvalue weighted by Crippen LogP contribution is -2.45. The second-order valence-electron chi connectivity index (χ2n) is 5.97. The molecule has 1 fully saturated rings. The number of benzene rings is 1. The number of rotatable bonds is 4. The standard InChI is InChI=1S/C17H24N2O2/c1-13-6-4-7-14(12-13)9-10-16(20)19-11-5-8-15(19)17(21)18(2)3/h4,6-7,12,15H,5,8-11H2,1-3H3. The smallest absolute Gasteiger partial charge is 0.244 e. The van der Waals surface area contributed by atoms with E-state index in [1.807, 2.05) is 12.1 Å². The zero-order valence-corrected chi connectivity index (χ0v) is 13.1. The summed E-state index contributed by atoms with van der Waals surface area (Å²) in [6, 6.07) is 7.97. The van der Waals surface area contributed by atoms with Gasteiger partial charge in [-0.1, -0.05) is 29.8 Å². The van der Waals surface area contributed by atoms with Crippen molar-refractivity contribution in [3.05, 3.63) is 35.4 Å². The van der Waals surface area contributed by atoms with Gasteiger partial charge in [0.05, 0.1) is 0 Å². The number of nitrogens with zero attached hydrogens (tertiary/aromatic N) is 2. The molecule has 1 unspecified atom stereocenters. The van der Waals surface area contributed by atoms with Gasteiger partial charge in [-0.25, -0.2) is 0 Å². The van der Waals surface area contributed by atoms with Gasteiger partial charge in [0.25, 0.3) is 0 Å². The Balaban J connectivity index is 1.95. The molecule has 0 saturated carbocycles. The fraction of sp³-hybridized carbons (Fsp3) is 0.529. The minimum atomic E-state index is -0.259. The SMILES string of the molecule is Cc1cccc(CCC(=O)N2CCCC2C(=O)N(C)C)c1. The molecule has 2 rings (SSSR count). The summed E-state index contributed by atoms with van der Waals surface area (Å²) in [6.45, 7) is 2.76. The van der Waals surface area contributed by atoms with E-state index < -0.39 is 0 Å². The van der Waals surface area contributed by atoms with Crippen LogP contribution in [0.25, 0.3) is 0 Å². The molecule has 21 heavy (non-hydrogen) atoms. The van der Waals surface area contributed by atoms with Crippen LogP contribution in [0.1, 0.15) is 30.4 Å². The van der Waals surface area contributed by atoms with Crippen molar-refractivity contribution in [1.82, 2.24) is 9.80 Å². The molecule has 1 heterocycles. The van der Waals surface area contributed by atoms with Crippen LogP contribution in [0.3, 0.4) is 0 Å². The minimum Gasteiger partial charge on any atom is -0.347 e. The van der Waals surface area contributed by atoms with Gasteiger partial charge >= 0.3 is 0 Å². The number of likely N-dealkylation sites (N-methyl/N-ethyl adjacent to an activating group) is 1. The minimum absolute atomic E-state index is 0.0383. The highest BCUT2D eigenvalue weighted by atomic mass is 16.2. The van der Waals surface area contributed by atoms with Crippen LogP contribution >= 0.6 is 0 Å². The Kier molecular flexibility index (Phi) is 4.99. The number of hydrogen-bond donors (Lipinski definition) is 0. The Morgan fingerprint density at radius 1 is 1.33 bits per heavy atom. The molecule has 0 aliphatic carbocycles. The molecule has 1 aliphatic heterocycles. The predicted molar refractivity (Wildman–Crippen MR) is 82.9 cm³/mol. The first-order valence-electron chi connectivity index (χ1n) is 7.55. The van der Waals surface area contributed by atoms with Crippen LogP contribution in [-0.2, 0) is 16.0 Å². The van der Waals surface area contributed by atoms with Crippen LogP contribution in [0.5, 0.6) is 0 Å². The molecular weight excluding hydrogens is 264 g/mol. The van der Waals surface area contributed by atoms with E-state index in [-0.39, 0.29) is 17.9 Å². The normalized spacial score (nSPS) is 17.9. The summed E-state index contributed by atoms with van der Waals surface area (Å²) in [5, 5.41) is 0. The van der Waals surface area contributed by atoms with Gasteiger partial charge in [-0.05, 0) is 31.7 Å². The molecule has 1 saturated heterocycles. The number of aryl methyl sites for hydroxylation is 2. The molecule has 1 atom stereocenters. The van der Waals surface area contributed by atoms with Crippen LogP contribution in [0.2, 0.25) is 0 Å². The van der Waals surface area contributed by atoms with Crippen LogP contribution in [0.15, 0.2) is 24.3 Å². The molecule has 0 bridgehead atoms. The monoisotopic (exact) mass is 288 g/mol. The van der Waals surface area contributed by atoms with Crippen molar-refractivity contribution < 1.29 is 9.59 Å². The third kappa shape index (κ3) is 3.84. The summed E-state index contributed by atoms with van der Waals surface area (Å²) in [4.78, 5) is 27.8. The summed E-state index contributed by atoms with van der Waals surface area (Å²) in [5.41, 5.74) is 2.39. The van der Waals surface area contributed by atoms with Gasteiger partial charge in [-0.3, -0.25) is 9.59 Å². The molecular formula is C17H24N2O2. The molecule has 1 aromatic rings. The summed E-state index contributed by atoms with van der Waals surface area (Å²) in [6.07, 6.45) is 2.91. The lowest BCUT2D eigenvalue weighted by atomic mass is 10.1. The van der Waals surface area contributed by atoms with Crippen molar-refractivity contribution in [2.24, 2.45) is 0 Å². The molecule has 4 heteroatoms. The van der Waals surface area contributed by atoms with E-state index in [2.05, 4.69) is 19.1 Å². The number of carbonyl (C=O) groups excluding carboxylic acids is 2. The van der Waals surface area contributed by atoms with Gasteiger partial charge in [-0.15, -0.1) is 0 Å². The zero-order chi connectivity index (χ0) is 15.4. The highest BCUT2D eigenvalue weighted by Gasteiger charge is 2.34. The van der Waals surface area contributed by atoms with Gasteiger partial charge < -0.3 is 9.80 Å². The lowest BCUT2D eigenvalue weighted by molar-refractivity contribution is -0.142. The molecule has 0 spiro atoms. The second-order valence-corrected chi connectivity index (χ2v) is 5.97. The predicted octanol–water partition coefficient (Wildman–Crippen LogP) is 2.01. The zero-order valence-electron chi connectivity index (χ0n) is 13.1. The van der Waals surface area contributed by atoms with Crippen LogP contribution in [-0.4, -0.2) is 48.3 Å². The maximum Gasteiger partial charge on any atom is 0.244 e. The first-order chi connectivity index (χ1) is 9.99. The first kappa shape index (κ1) is 15.5. The van der Waals surface area contributed by atoms with Crippen molar-refractivity contribution in [3.8, 4) is 0 Å². The second kappa shape index (κ2) is 6.74. The molecule has 114 valence electrons. The third-order valence-corrected chi connectivity index (χ3v) is 4.01. The van der Waals surface area contributed by atoms with Gasteiger partial charge in [-0.2, -0.15) is 0 Å². The van der Waals surface area contributed by atoms with E-state index in [1.165, 1.54) is 11.1 Å². The molecule has 0 radical (unpaired) electrons. The first-order valence-corrected chi connectivity index (χ1v) is 7.55. The van der Waals surface area contributed by atoms with Crippen molar-refractivity contribution in [2.45, 2.75) is 38.6 Å². The molecule has 1 aliphatic rings. The van der Waals surface area contributed by atoms with Crippen LogP contribution in [0, 0.1) is 6.92 Å². The van der Waals surface area contributed by atoms with Crippen LogP contribution < -0.4 is 0 Å². The van der Waals surface area contributed by atoms with Gasteiger partial charge in [0.15, 0.2) is 0 Å². The summed E-state index contributed by atoms with van der Waals surface area (Å²) in [7, 11) is 3.49. The highest BCUT2D eigenvalue weighted by molar-refractivity contribution is 5.88. The van der Waals surface area contributed by atoms with Crippen molar-refractivity contribution >= 4 is 11.8 Å². The fourth-order valence-electron chi connectivity index (χ4n) is 2.88. The topological polar surface area (TPSA) is 40.6 Å². The summed E-state index contributed by atoms with van der Waals surface area (Å²) in [5.74, 6) is 0.130. The lowest BCUT2D eigenvalue weighted by Gasteiger charge is -2.26. The highest BCUT2D eigenvalue weighted by Crippen LogP contribution is 2.20. The summed E-state index contributed by atoms with van der Waals surface area (Å²) >= 11 is 0. The Morgan fingerprint density at radius 3 is 2.76 bits per heavy atom. The van der Waals surface area contributed by atoms with E-state index in [0.717, 1.165) is 19.3 Å². The number of hydrogen-bond acceptors (Lipinski definition) is 2. The average molecular weight is 288 g/mol. The van der Waals surface area contributed by atoms with E-state index in [4.69, 9.17) is 0 Å². The molecule has 2 amide bonds. The van der Waals surface area contributed by atoms with Gasteiger partial charge in [0.1, 0.15) is 6.04 Å². The van der Waals surface area contributed by atoms with Crippen molar-refractivity contribution in [3.63, 3.8) is 0 Å². The van der Waals surface area contributed by atoms with Gasteiger partial charge in [0.2, 0.25) is 11.8 Å². The largest absolute Gasteiger partial charge is 0.347 e. The Bertz CT molecular complexity index is 525. The maximum absolute atomic E-state index is 12.4. The van der Waals surface area contributed by atoms with E-state index in [1.54, 1.807) is 23.9 Å². The number of amides is 2. The van der Waals surface area contributed by atoms with Crippen LogP contribution in [0.4, 0.5) is 0 Å². The van der Waals surface area contributed by atoms with E-state index in [9.17, 15) is 9.59 Å². The quantitative estimate of drug-likeness (QED) is 0.850. The van der Waals surface area contributed by atoms with Crippen molar-refractivity contribution in [1.29, 1.82) is 0 Å². The van der Waals surface area contributed by atoms with E-state index in [0.29, 0.717) is 13.0 Å². The molecule has 0 aromatic heterocycles. The number of carbonyl (C=O) groups is 2.